The SMILES string of the molecule is COCCCN1CCCn2c1nc1c2c(=O)n(C)c(=O)n1C. The minimum absolute atomic E-state index is 0.282. The number of hydrogen-bond donors (Lipinski definition) is 0. The van der Waals surface area contributed by atoms with E-state index in [1.165, 1.54) is 11.6 Å². The Bertz CT molecular complexity index is 816. The number of nitrogens with zero attached hydrogens (tertiary/aromatic N) is 5. The summed E-state index contributed by atoms with van der Waals surface area (Å²) in [5.41, 5.74) is 0.340. The highest BCUT2D eigenvalue weighted by atomic mass is 16.5. The van der Waals surface area contributed by atoms with Crippen LogP contribution in [0.1, 0.15) is 12.8 Å². The van der Waals surface area contributed by atoms with Crippen LogP contribution in [-0.2, 0) is 25.4 Å². The molecule has 2 aromatic rings. The Hall–Kier alpha value is -2.09. The fourth-order valence-corrected chi connectivity index (χ4v) is 3.02. The molecule has 0 radical (unpaired) electrons. The third kappa shape index (κ3) is 2.14. The van der Waals surface area contributed by atoms with Crippen LogP contribution in [0.25, 0.3) is 11.2 Å². The molecule has 0 saturated heterocycles. The summed E-state index contributed by atoms with van der Waals surface area (Å²) in [6, 6.07) is 0. The van der Waals surface area contributed by atoms with Gasteiger partial charge < -0.3 is 14.2 Å². The highest BCUT2D eigenvalue weighted by Crippen LogP contribution is 2.24. The van der Waals surface area contributed by atoms with Gasteiger partial charge in [0.15, 0.2) is 11.2 Å². The molecule has 0 aromatic carbocycles. The summed E-state index contributed by atoms with van der Waals surface area (Å²) in [6.07, 6.45) is 1.86. The van der Waals surface area contributed by atoms with Crippen LogP contribution >= 0.6 is 0 Å². The van der Waals surface area contributed by atoms with E-state index in [2.05, 4.69) is 9.88 Å². The zero-order valence-corrected chi connectivity index (χ0v) is 13.2. The van der Waals surface area contributed by atoms with Crippen LogP contribution in [0.3, 0.4) is 0 Å². The maximum Gasteiger partial charge on any atom is 0.332 e. The van der Waals surface area contributed by atoms with Crippen LogP contribution in [0, 0.1) is 0 Å². The van der Waals surface area contributed by atoms with E-state index in [4.69, 9.17) is 4.74 Å². The lowest BCUT2D eigenvalue weighted by atomic mass is 10.3. The van der Waals surface area contributed by atoms with E-state index in [1.54, 1.807) is 14.2 Å². The summed E-state index contributed by atoms with van der Waals surface area (Å²) in [6.45, 7) is 3.17. The molecule has 0 spiro atoms. The Balaban J connectivity index is 2.15. The number of aromatic nitrogens is 4. The van der Waals surface area contributed by atoms with Crippen molar-refractivity contribution in [3.8, 4) is 0 Å². The van der Waals surface area contributed by atoms with Crippen LogP contribution in [0.5, 0.6) is 0 Å². The molecule has 0 aliphatic carbocycles. The summed E-state index contributed by atoms with van der Waals surface area (Å²) >= 11 is 0. The average molecular weight is 307 g/mol. The second-order valence-corrected chi connectivity index (χ2v) is 5.63. The van der Waals surface area contributed by atoms with Crippen molar-refractivity contribution < 1.29 is 4.74 Å². The lowest BCUT2D eigenvalue weighted by Crippen LogP contribution is -2.38. The molecule has 3 heterocycles. The van der Waals surface area contributed by atoms with Gasteiger partial charge in [-0.2, -0.15) is 4.98 Å². The summed E-state index contributed by atoms with van der Waals surface area (Å²) in [7, 11) is 4.84. The molecule has 120 valence electrons. The molecule has 1 aliphatic heterocycles. The van der Waals surface area contributed by atoms with Gasteiger partial charge in [-0.05, 0) is 12.8 Å². The van der Waals surface area contributed by atoms with E-state index < -0.39 is 0 Å². The number of anilines is 1. The first-order valence-corrected chi connectivity index (χ1v) is 7.46. The van der Waals surface area contributed by atoms with Crippen molar-refractivity contribution in [2.45, 2.75) is 19.4 Å². The molecule has 1 aliphatic rings. The van der Waals surface area contributed by atoms with Gasteiger partial charge in [0.25, 0.3) is 5.56 Å². The number of fused-ring (bicyclic) bond motifs is 3. The second kappa shape index (κ2) is 5.60. The fraction of sp³-hybridized carbons (Fsp3) is 0.643. The number of rotatable bonds is 4. The largest absolute Gasteiger partial charge is 0.385 e. The zero-order valence-electron chi connectivity index (χ0n) is 13.2. The van der Waals surface area contributed by atoms with Gasteiger partial charge in [-0.1, -0.05) is 0 Å². The standard InChI is InChI=1S/C14H21N5O3/c1-16-11-10(12(20)17(2)14(16)21)19-8-4-6-18(13(19)15-11)7-5-9-22-3/h4-9H2,1-3H3. The number of aryl methyl sites for hydroxylation is 2. The predicted octanol–water partition coefficient (Wildman–Crippen LogP) is -0.320. The molecule has 0 bridgehead atoms. The van der Waals surface area contributed by atoms with Crippen molar-refractivity contribution in [2.75, 3.05) is 31.7 Å². The highest BCUT2D eigenvalue weighted by Gasteiger charge is 2.25. The molecule has 3 rings (SSSR count). The molecule has 0 unspecified atom stereocenters. The van der Waals surface area contributed by atoms with Gasteiger partial charge in [-0.3, -0.25) is 13.9 Å². The average Bonchev–Trinajstić information content (AvgIpc) is 2.91. The Kier molecular flexibility index (Phi) is 3.78. The van der Waals surface area contributed by atoms with Crippen molar-refractivity contribution >= 4 is 17.1 Å². The number of methoxy groups -OCH3 is 1. The molecule has 0 saturated carbocycles. The zero-order chi connectivity index (χ0) is 15.9. The van der Waals surface area contributed by atoms with Crippen LogP contribution in [0.2, 0.25) is 0 Å². The molecule has 8 nitrogen and oxygen atoms in total. The van der Waals surface area contributed by atoms with Crippen molar-refractivity contribution in [3.63, 3.8) is 0 Å². The van der Waals surface area contributed by atoms with Gasteiger partial charge in [0, 0.05) is 47.4 Å². The normalized spacial score (nSPS) is 14.6. The molecule has 8 heteroatoms. The molecular weight excluding hydrogens is 286 g/mol. The Morgan fingerprint density at radius 2 is 1.95 bits per heavy atom. The molecule has 2 aromatic heterocycles. The Morgan fingerprint density at radius 1 is 1.18 bits per heavy atom. The first kappa shape index (κ1) is 14.8. The van der Waals surface area contributed by atoms with Crippen LogP contribution in [-0.4, -0.2) is 45.5 Å². The lowest BCUT2D eigenvalue weighted by Gasteiger charge is -2.28. The number of ether oxygens (including phenoxy) is 1. The summed E-state index contributed by atoms with van der Waals surface area (Å²) in [5, 5.41) is 0. The van der Waals surface area contributed by atoms with Crippen molar-refractivity contribution in [1.82, 2.24) is 18.7 Å². The van der Waals surface area contributed by atoms with E-state index in [0.29, 0.717) is 17.8 Å². The maximum atomic E-state index is 12.5. The molecule has 22 heavy (non-hydrogen) atoms. The van der Waals surface area contributed by atoms with Crippen molar-refractivity contribution in [3.05, 3.63) is 20.8 Å². The van der Waals surface area contributed by atoms with Crippen LogP contribution in [0.15, 0.2) is 9.59 Å². The topological polar surface area (TPSA) is 74.3 Å². The van der Waals surface area contributed by atoms with E-state index in [9.17, 15) is 9.59 Å². The van der Waals surface area contributed by atoms with Gasteiger partial charge in [-0.25, -0.2) is 4.79 Å². The van der Waals surface area contributed by atoms with Gasteiger partial charge in [0.05, 0.1) is 0 Å². The first-order valence-electron chi connectivity index (χ1n) is 7.46. The molecule has 0 N–H and O–H groups in total. The summed E-state index contributed by atoms with van der Waals surface area (Å²) < 4.78 is 9.61. The van der Waals surface area contributed by atoms with E-state index in [0.717, 1.165) is 43.0 Å². The minimum atomic E-state index is -0.348. The number of imidazole rings is 1. The van der Waals surface area contributed by atoms with Gasteiger partial charge in [0.2, 0.25) is 5.95 Å². The van der Waals surface area contributed by atoms with Crippen LogP contribution in [0.4, 0.5) is 5.95 Å². The van der Waals surface area contributed by atoms with Crippen molar-refractivity contribution in [1.29, 1.82) is 0 Å². The quantitative estimate of drug-likeness (QED) is 0.724. The number of hydrogen-bond acceptors (Lipinski definition) is 5. The van der Waals surface area contributed by atoms with Gasteiger partial charge >= 0.3 is 5.69 Å². The predicted molar refractivity (Wildman–Crippen MR) is 83.5 cm³/mol. The highest BCUT2D eigenvalue weighted by molar-refractivity contribution is 5.74. The Labute approximate surface area is 127 Å². The first-order chi connectivity index (χ1) is 10.6. The van der Waals surface area contributed by atoms with Crippen LogP contribution < -0.4 is 16.1 Å². The lowest BCUT2D eigenvalue weighted by molar-refractivity contribution is 0.195. The van der Waals surface area contributed by atoms with Gasteiger partial charge in [-0.15, -0.1) is 0 Å². The monoisotopic (exact) mass is 307 g/mol. The molecule has 0 amide bonds. The maximum absolute atomic E-state index is 12.5. The summed E-state index contributed by atoms with van der Waals surface area (Å²) in [5.74, 6) is 0.774. The third-order valence-electron chi connectivity index (χ3n) is 4.20. The van der Waals surface area contributed by atoms with Crippen molar-refractivity contribution in [2.24, 2.45) is 14.1 Å². The van der Waals surface area contributed by atoms with E-state index in [1.807, 2.05) is 4.57 Å². The third-order valence-corrected chi connectivity index (χ3v) is 4.20. The van der Waals surface area contributed by atoms with E-state index in [-0.39, 0.29) is 11.2 Å². The second-order valence-electron chi connectivity index (χ2n) is 5.63. The Morgan fingerprint density at radius 3 is 2.68 bits per heavy atom. The molecular formula is C14H21N5O3. The summed E-state index contributed by atoms with van der Waals surface area (Å²) in [4.78, 5) is 31.2. The van der Waals surface area contributed by atoms with Gasteiger partial charge in [0.1, 0.15) is 0 Å². The minimum Gasteiger partial charge on any atom is -0.385 e. The smallest absolute Gasteiger partial charge is 0.332 e. The van der Waals surface area contributed by atoms with E-state index >= 15 is 0 Å². The molecule has 0 atom stereocenters. The molecule has 0 fully saturated rings. The fourth-order valence-electron chi connectivity index (χ4n) is 3.02.